The fourth-order valence-electron chi connectivity index (χ4n) is 3.67. The molecule has 0 aliphatic carbocycles. The molecule has 3 rings (SSSR count). The van der Waals surface area contributed by atoms with E-state index in [4.69, 9.17) is 14.2 Å². The third-order valence-corrected chi connectivity index (χ3v) is 7.49. The average molecular weight is 499 g/mol. The molecule has 2 aromatic rings. The fourth-order valence-corrected chi connectivity index (χ4v) is 5.62. The SMILES string of the molecule is COCP(=O)(N[C@@H](C)C(=O)OC(C)C)n1nc(CN2CCOC[C@@H]2c2ccc(F)cc2)[nH]c1=O. The number of hydrogen-bond donors (Lipinski definition) is 2. The van der Waals surface area contributed by atoms with E-state index < -0.39 is 25.1 Å². The van der Waals surface area contributed by atoms with Crippen LogP contribution in [-0.4, -0.2) is 70.8 Å². The number of methoxy groups -OCH3 is 1. The van der Waals surface area contributed by atoms with E-state index in [2.05, 4.69) is 15.2 Å². The maximum absolute atomic E-state index is 13.6. The number of benzene rings is 1. The second-order valence-electron chi connectivity index (χ2n) is 8.33. The fraction of sp³-hybridized carbons (Fsp3) is 0.571. The van der Waals surface area contributed by atoms with Gasteiger partial charge in [0.1, 0.15) is 24.0 Å². The Hall–Kier alpha value is -2.37. The Morgan fingerprint density at radius 1 is 1.35 bits per heavy atom. The van der Waals surface area contributed by atoms with Crippen LogP contribution in [0.25, 0.3) is 0 Å². The molecule has 1 saturated heterocycles. The van der Waals surface area contributed by atoms with Gasteiger partial charge < -0.3 is 14.2 Å². The second kappa shape index (κ2) is 11.4. The molecule has 0 bridgehead atoms. The summed E-state index contributed by atoms with van der Waals surface area (Å²) in [6.07, 6.45) is -0.701. The Kier molecular flexibility index (Phi) is 8.78. The third-order valence-electron chi connectivity index (χ3n) is 5.21. The molecule has 0 spiro atoms. The van der Waals surface area contributed by atoms with Crippen molar-refractivity contribution in [2.24, 2.45) is 0 Å². The number of hydrogen-bond acceptors (Lipinski definition) is 8. The number of morpholine rings is 1. The van der Waals surface area contributed by atoms with Gasteiger partial charge in [0.2, 0.25) is 0 Å². The first-order valence-corrected chi connectivity index (χ1v) is 12.8. The van der Waals surface area contributed by atoms with Crippen molar-refractivity contribution in [3.63, 3.8) is 0 Å². The summed E-state index contributed by atoms with van der Waals surface area (Å²) < 4.78 is 43.6. The number of carbonyl (C=O) groups excluding carboxylic acids is 1. The highest BCUT2D eigenvalue weighted by molar-refractivity contribution is 7.60. The van der Waals surface area contributed by atoms with E-state index in [1.807, 2.05) is 4.90 Å². The Morgan fingerprint density at radius 2 is 2.06 bits per heavy atom. The van der Waals surface area contributed by atoms with Gasteiger partial charge in [-0.25, -0.2) is 14.3 Å². The smallest absolute Gasteiger partial charge is 0.350 e. The summed E-state index contributed by atoms with van der Waals surface area (Å²) in [4.78, 5) is 29.6. The normalized spacial score (nSPS) is 19.6. The summed E-state index contributed by atoms with van der Waals surface area (Å²) in [6, 6.07) is 5.03. The van der Waals surface area contributed by atoms with Gasteiger partial charge in [0.15, 0.2) is 0 Å². The zero-order valence-corrected chi connectivity index (χ0v) is 20.6. The first kappa shape index (κ1) is 26.2. The van der Waals surface area contributed by atoms with Gasteiger partial charge >= 0.3 is 11.7 Å². The number of rotatable bonds is 10. The largest absolute Gasteiger partial charge is 0.462 e. The molecular formula is C21H31FN5O6P. The molecule has 11 nitrogen and oxygen atoms in total. The molecule has 0 saturated carbocycles. The summed E-state index contributed by atoms with van der Waals surface area (Å²) in [5, 5.41) is 6.94. The van der Waals surface area contributed by atoms with E-state index in [0.29, 0.717) is 19.8 Å². The van der Waals surface area contributed by atoms with Crippen molar-refractivity contribution in [1.29, 1.82) is 0 Å². The highest BCUT2D eigenvalue weighted by atomic mass is 31.2. The summed E-state index contributed by atoms with van der Waals surface area (Å²) in [5.74, 6) is -0.650. The molecule has 1 unspecified atom stereocenters. The highest BCUT2D eigenvalue weighted by Gasteiger charge is 2.34. The Balaban J connectivity index is 1.81. The maximum atomic E-state index is 13.6. The van der Waals surface area contributed by atoms with Crippen LogP contribution in [0.5, 0.6) is 0 Å². The van der Waals surface area contributed by atoms with Crippen molar-refractivity contribution in [3.05, 3.63) is 52.0 Å². The minimum absolute atomic E-state index is 0.169. The van der Waals surface area contributed by atoms with E-state index in [1.54, 1.807) is 26.0 Å². The maximum Gasteiger partial charge on any atom is 0.350 e. The molecule has 34 heavy (non-hydrogen) atoms. The molecule has 13 heteroatoms. The summed E-state index contributed by atoms with van der Waals surface area (Å²) in [5.41, 5.74) is 0.172. The van der Waals surface area contributed by atoms with E-state index in [-0.39, 0.29) is 36.7 Å². The van der Waals surface area contributed by atoms with Gasteiger partial charge in [-0.3, -0.25) is 19.2 Å². The quantitative estimate of drug-likeness (QED) is 0.372. The number of aromatic nitrogens is 3. The monoisotopic (exact) mass is 499 g/mol. The number of aromatic amines is 1. The lowest BCUT2D eigenvalue weighted by atomic mass is 10.0. The van der Waals surface area contributed by atoms with E-state index in [1.165, 1.54) is 26.2 Å². The van der Waals surface area contributed by atoms with Crippen LogP contribution in [0.2, 0.25) is 0 Å². The van der Waals surface area contributed by atoms with Gasteiger partial charge in [0.25, 0.3) is 7.44 Å². The lowest BCUT2D eigenvalue weighted by molar-refractivity contribution is -0.148. The molecule has 0 amide bonds. The number of esters is 1. The number of carbonyl (C=O) groups is 1. The van der Waals surface area contributed by atoms with Crippen LogP contribution >= 0.6 is 7.44 Å². The van der Waals surface area contributed by atoms with Gasteiger partial charge in [-0.15, -0.1) is 9.55 Å². The Morgan fingerprint density at radius 3 is 2.71 bits per heavy atom. The molecule has 1 aliphatic rings. The molecule has 1 fully saturated rings. The molecule has 3 atom stereocenters. The van der Waals surface area contributed by atoms with Crippen molar-refractivity contribution >= 4 is 13.4 Å². The van der Waals surface area contributed by atoms with Crippen molar-refractivity contribution in [2.75, 3.05) is 33.2 Å². The average Bonchev–Trinajstić information content (AvgIpc) is 3.15. The third kappa shape index (κ3) is 6.39. The number of H-pyrrole nitrogens is 1. The predicted molar refractivity (Wildman–Crippen MR) is 122 cm³/mol. The van der Waals surface area contributed by atoms with E-state index >= 15 is 0 Å². The molecule has 1 aromatic heterocycles. The lowest BCUT2D eigenvalue weighted by Gasteiger charge is -2.35. The Bertz CT molecular complexity index is 1070. The van der Waals surface area contributed by atoms with E-state index in [9.17, 15) is 18.5 Å². The molecule has 2 N–H and O–H groups in total. The van der Waals surface area contributed by atoms with Crippen LogP contribution in [-0.2, 0) is 30.1 Å². The van der Waals surface area contributed by atoms with Crippen molar-refractivity contribution < 1.29 is 28.0 Å². The number of ether oxygens (including phenoxy) is 3. The Labute approximate surface area is 197 Å². The zero-order chi connectivity index (χ0) is 24.9. The minimum Gasteiger partial charge on any atom is -0.462 e. The van der Waals surface area contributed by atoms with Crippen molar-refractivity contribution in [3.8, 4) is 0 Å². The van der Waals surface area contributed by atoms with E-state index in [0.717, 1.165) is 10.0 Å². The van der Waals surface area contributed by atoms with Crippen molar-refractivity contribution in [2.45, 2.75) is 45.5 Å². The van der Waals surface area contributed by atoms with Gasteiger partial charge in [-0.05, 0) is 38.5 Å². The molecule has 188 valence electrons. The number of nitrogens with one attached hydrogen (secondary N) is 2. The van der Waals surface area contributed by atoms with Crippen LogP contribution < -0.4 is 10.8 Å². The topological polar surface area (TPSA) is 128 Å². The molecule has 1 aromatic carbocycles. The molecule has 0 radical (unpaired) electrons. The first-order valence-electron chi connectivity index (χ1n) is 11.0. The van der Waals surface area contributed by atoms with Crippen LogP contribution in [0.3, 0.4) is 0 Å². The second-order valence-corrected chi connectivity index (χ2v) is 10.6. The van der Waals surface area contributed by atoms with Crippen molar-refractivity contribution in [1.82, 2.24) is 24.5 Å². The van der Waals surface area contributed by atoms with Crippen LogP contribution in [0.4, 0.5) is 4.39 Å². The highest BCUT2D eigenvalue weighted by Crippen LogP contribution is 2.41. The summed E-state index contributed by atoms with van der Waals surface area (Å²) in [6.45, 7) is 6.59. The van der Waals surface area contributed by atoms with Crippen LogP contribution in [0.15, 0.2) is 29.1 Å². The van der Waals surface area contributed by atoms with Gasteiger partial charge in [0, 0.05) is 13.7 Å². The number of nitrogens with zero attached hydrogens (tertiary/aromatic N) is 3. The molecule has 2 heterocycles. The lowest BCUT2D eigenvalue weighted by Crippen LogP contribution is -2.39. The van der Waals surface area contributed by atoms with Crippen LogP contribution in [0, 0.1) is 5.82 Å². The predicted octanol–water partition coefficient (Wildman–Crippen LogP) is 1.86. The van der Waals surface area contributed by atoms with Gasteiger partial charge in [-0.2, -0.15) is 0 Å². The molecule has 1 aliphatic heterocycles. The van der Waals surface area contributed by atoms with Gasteiger partial charge in [-0.1, -0.05) is 12.1 Å². The minimum atomic E-state index is -3.77. The first-order chi connectivity index (χ1) is 16.1. The summed E-state index contributed by atoms with van der Waals surface area (Å²) >= 11 is 0. The van der Waals surface area contributed by atoms with Crippen LogP contribution in [0.1, 0.15) is 38.2 Å². The molecular weight excluding hydrogens is 468 g/mol. The van der Waals surface area contributed by atoms with Gasteiger partial charge in [0.05, 0.1) is 31.9 Å². The number of halogens is 1. The zero-order valence-electron chi connectivity index (χ0n) is 19.7. The standard InChI is InChI=1S/C21H31FN5O6P/c1-14(2)33-20(28)15(3)25-34(30,13-31-4)27-21(29)23-19(24-27)11-26-9-10-32-12-18(26)16-5-7-17(22)8-6-16/h5-8,14-15,18H,9-13H2,1-4H3,(H,25,30)(H,23,24,29)/t15-,18+,34?/m0/s1. The summed E-state index contributed by atoms with van der Waals surface area (Å²) in [7, 11) is -2.43.